The van der Waals surface area contributed by atoms with Gasteiger partial charge in [0.2, 0.25) is 0 Å². The molecule has 0 fully saturated rings. The molecular formula is C16H24BrNO2. The van der Waals surface area contributed by atoms with Gasteiger partial charge in [0.15, 0.2) is 5.78 Å². The maximum Gasteiger partial charge on any atom is 0.159 e. The smallest absolute Gasteiger partial charge is 0.159 e. The second-order valence-electron chi connectivity index (χ2n) is 5.48. The number of ketones is 1. The van der Waals surface area contributed by atoms with E-state index in [1.54, 1.807) is 19.1 Å². The predicted octanol–water partition coefficient (Wildman–Crippen LogP) is 4.15. The summed E-state index contributed by atoms with van der Waals surface area (Å²) in [6.45, 7) is 11.8. The quantitative estimate of drug-likeness (QED) is 0.697. The first-order valence-electron chi connectivity index (χ1n) is 7.02. The van der Waals surface area contributed by atoms with Gasteiger partial charge in [-0.25, -0.2) is 0 Å². The van der Waals surface area contributed by atoms with Crippen LogP contribution in [0.1, 0.15) is 45.0 Å². The van der Waals surface area contributed by atoms with Gasteiger partial charge >= 0.3 is 0 Å². The van der Waals surface area contributed by atoms with Crippen LogP contribution in [0.3, 0.4) is 0 Å². The maximum absolute atomic E-state index is 11.3. The van der Waals surface area contributed by atoms with E-state index in [-0.39, 0.29) is 5.78 Å². The van der Waals surface area contributed by atoms with E-state index in [4.69, 9.17) is 4.74 Å². The highest BCUT2D eigenvalue weighted by Gasteiger charge is 2.13. The number of hydrogen-bond acceptors (Lipinski definition) is 3. The van der Waals surface area contributed by atoms with Crippen molar-refractivity contribution in [3.63, 3.8) is 0 Å². The number of carbonyl (C=O) groups excluding carboxylic acids is 1. The van der Waals surface area contributed by atoms with Gasteiger partial charge in [-0.15, -0.1) is 0 Å². The molecule has 0 saturated carbocycles. The van der Waals surface area contributed by atoms with Crippen LogP contribution in [-0.4, -0.2) is 35.9 Å². The summed E-state index contributed by atoms with van der Waals surface area (Å²) in [5.41, 5.74) is 0.690. The molecule has 0 spiro atoms. The molecule has 20 heavy (non-hydrogen) atoms. The van der Waals surface area contributed by atoms with E-state index in [1.165, 1.54) is 0 Å². The summed E-state index contributed by atoms with van der Waals surface area (Å²) >= 11 is 3.45. The van der Waals surface area contributed by atoms with E-state index < -0.39 is 0 Å². The first-order chi connectivity index (χ1) is 9.32. The van der Waals surface area contributed by atoms with Gasteiger partial charge in [-0.3, -0.25) is 9.69 Å². The molecule has 1 aromatic carbocycles. The Labute approximate surface area is 130 Å². The molecule has 0 heterocycles. The lowest BCUT2D eigenvalue weighted by Crippen LogP contribution is -2.39. The minimum absolute atomic E-state index is 0.0584. The molecule has 4 heteroatoms. The number of halogens is 1. The summed E-state index contributed by atoms with van der Waals surface area (Å²) in [7, 11) is 0. The molecule has 1 rings (SSSR count). The Hall–Kier alpha value is -0.870. The standard InChI is InChI=1S/C16H24BrNO2/c1-11(2)18(12(3)4)8-9-20-16-7-6-14(13(5)19)10-15(16)17/h6-7,10-12H,8-9H2,1-5H3. The highest BCUT2D eigenvalue weighted by atomic mass is 79.9. The number of Topliss-reactive ketones (excluding diaryl/α,β-unsaturated/α-hetero) is 1. The van der Waals surface area contributed by atoms with Gasteiger partial charge in [-0.05, 0) is 68.7 Å². The topological polar surface area (TPSA) is 29.5 Å². The number of ether oxygens (including phenoxy) is 1. The molecule has 0 unspecified atom stereocenters. The number of carbonyl (C=O) groups is 1. The van der Waals surface area contributed by atoms with Gasteiger partial charge in [-0.2, -0.15) is 0 Å². The molecule has 0 amide bonds. The molecule has 112 valence electrons. The van der Waals surface area contributed by atoms with Crippen molar-refractivity contribution < 1.29 is 9.53 Å². The van der Waals surface area contributed by atoms with E-state index in [0.29, 0.717) is 24.3 Å². The monoisotopic (exact) mass is 341 g/mol. The van der Waals surface area contributed by atoms with Crippen LogP contribution in [-0.2, 0) is 0 Å². The van der Waals surface area contributed by atoms with Crippen LogP contribution in [0, 0.1) is 0 Å². The third-order valence-electron chi connectivity index (χ3n) is 3.27. The Morgan fingerprint density at radius 1 is 1.25 bits per heavy atom. The van der Waals surface area contributed by atoms with Crippen molar-refractivity contribution in [3.8, 4) is 5.75 Å². The van der Waals surface area contributed by atoms with Gasteiger partial charge in [0, 0.05) is 24.2 Å². The highest BCUT2D eigenvalue weighted by molar-refractivity contribution is 9.10. The molecule has 0 aliphatic heterocycles. The average molecular weight is 342 g/mol. The van der Waals surface area contributed by atoms with Crippen LogP contribution in [0.2, 0.25) is 0 Å². The largest absolute Gasteiger partial charge is 0.491 e. The van der Waals surface area contributed by atoms with Crippen LogP contribution in [0.5, 0.6) is 5.75 Å². The zero-order valence-electron chi connectivity index (χ0n) is 12.9. The molecule has 0 atom stereocenters. The molecule has 0 saturated heterocycles. The summed E-state index contributed by atoms with van der Waals surface area (Å²) in [5, 5.41) is 0. The zero-order chi connectivity index (χ0) is 15.3. The summed E-state index contributed by atoms with van der Waals surface area (Å²) in [4.78, 5) is 13.7. The van der Waals surface area contributed by atoms with Crippen LogP contribution < -0.4 is 4.74 Å². The lowest BCUT2D eigenvalue weighted by Gasteiger charge is -2.30. The minimum Gasteiger partial charge on any atom is -0.491 e. The number of hydrogen-bond donors (Lipinski definition) is 0. The van der Waals surface area contributed by atoms with Crippen LogP contribution in [0.4, 0.5) is 0 Å². The Balaban J connectivity index is 2.60. The highest BCUT2D eigenvalue weighted by Crippen LogP contribution is 2.26. The molecule has 3 nitrogen and oxygen atoms in total. The summed E-state index contributed by atoms with van der Waals surface area (Å²) in [6.07, 6.45) is 0. The second kappa shape index (κ2) is 7.79. The normalized spacial score (nSPS) is 11.4. The summed E-state index contributed by atoms with van der Waals surface area (Å²) in [5.74, 6) is 0.838. The second-order valence-corrected chi connectivity index (χ2v) is 6.33. The average Bonchev–Trinajstić information content (AvgIpc) is 2.34. The van der Waals surface area contributed by atoms with E-state index in [2.05, 4.69) is 48.5 Å². The minimum atomic E-state index is 0.0584. The van der Waals surface area contributed by atoms with Crippen molar-refractivity contribution in [3.05, 3.63) is 28.2 Å². The van der Waals surface area contributed by atoms with Gasteiger partial charge in [0.25, 0.3) is 0 Å². The van der Waals surface area contributed by atoms with Crippen molar-refractivity contribution in [2.24, 2.45) is 0 Å². The first kappa shape index (κ1) is 17.2. The van der Waals surface area contributed by atoms with Gasteiger partial charge in [0.05, 0.1) is 4.47 Å². The maximum atomic E-state index is 11.3. The molecule has 0 aliphatic carbocycles. The predicted molar refractivity (Wildman–Crippen MR) is 86.6 cm³/mol. The Bertz CT molecular complexity index is 450. The fraction of sp³-hybridized carbons (Fsp3) is 0.562. The molecule has 0 bridgehead atoms. The van der Waals surface area contributed by atoms with Crippen LogP contribution >= 0.6 is 15.9 Å². The summed E-state index contributed by atoms with van der Waals surface area (Å²) in [6, 6.07) is 6.45. The van der Waals surface area contributed by atoms with Crippen LogP contribution in [0.15, 0.2) is 22.7 Å². The van der Waals surface area contributed by atoms with Gasteiger partial charge in [0.1, 0.15) is 12.4 Å². The Morgan fingerprint density at radius 3 is 2.30 bits per heavy atom. The lowest BCUT2D eigenvalue weighted by atomic mass is 10.1. The molecule has 0 radical (unpaired) electrons. The number of benzene rings is 1. The van der Waals surface area contributed by atoms with Crippen LogP contribution in [0.25, 0.3) is 0 Å². The third kappa shape index (κ3) is 4.91. The molecule has 1 aromatic rings. The molecular weight excluding hydrogens is 318 g/mol. The van der Waals surface area contributed by atoms with E-state index in [9.17, 15) is 4.79 Å². The Kier molecular flexibility index (Phi) is 6.69. The third-order valence-corrected chi connectivity index (χ3v) is 3.89. The van der Waals surface area contributed by atoms with Gasteiger partial charge in [-0.1, -0.05) is 0 Å². The molecule has 0 aliphatic rings. The lowest BCUT2D eigenvalue weighted by molar-refractivity contribution is 0.101. The fourth-order valence-electron chi connectivity index (χ4n) is 2.21. The first-order valence-corrected chi connectivity index (χ1v) is 7.81. The number of nitrogens with zero attached hydrogens (tertiary/aromatic N) is 1. The van der Waals surface area contributed by atoms with Crippen molar-refractivity contribution in [2.45, 2.75) is 46.7 Å². The van der Waals surface area contributed by atoms with Crippen molar-refractivity contribution in [1.82, 2.24) is 4.90 Å². The zero-order valence-corrected chi connectivity index (χ0v) is 14.5. The SMILES string of the molecule is CC(=O)c1ccc(OCCN(C(C)C)C(C)C)c(Br)c1. The molecule has 0 N–H and O–H groups in total. The van der Waals surface area contributed by atoms with Gasteiger partial charge < -0.3 is 4.74 Å². The van der Waals surface area contributed by atoms with E-state index in [0.717, 1.165) is 16.8 Å². The van der Waals surface area contributed by atoms with Crippen molar-refractivity contribution in [2.75, 3.05) is 13.2 Å². The molecule has 0 aromatic heterocycles. The summed E-state index contributed by atoms with van der Waals surface area (Å²) < 4.78 is 6.63. The van der Waals surface area contributed by atoms with E-state index >= 15 is 0 Å². The number of rotatable bonds is 7. The van der Waals surface area contributed by atoms with Crippen molar-refractivity contribution >= 4 is 21.7 Å². The van der Waals surface area contributed by atoms with Crippen molar-refractivity contribution in [1.29, 1.82) is 0 Å². The Morgan fingerprint density at radius 2 is 1.85 bits per heavy atom. The fourth-order valence-corrected chi connectivity index (χ4v) is 2.70. The van der Waals surface area contributed by atoms with E-state index in [1.807, 2.05) is 6.07 Å².